The average molecular weight is 415 g/mol. The van der Waals surface area contributed by atoms with Gasteiger partial charge in [-0.15, -0.1) is 0 Å². The summed E-state index contributed by atoms with van der Waals surface area (Å²) < 4.78 is 0. The Morgan fingerprint density at radius 2 is 1.80 bits per heavy atom. The smallest absolute Gasteiger partial charge is 0.0758 e. The molecule has 0 amide bonds. The molecule has 170 valence electrons. The molecule has 0 aromatic carbocycles. The minimum Gasteiger partial charge on any atom is -0.393 e. The fourth-order valence-corrected chi connectivity index (χ4v) is 8.30. The summed E-state index contributed by atoms with van der Waals surface area (Å²) in [5, 5.41) is 21.6. The van der Waals surface area contributed by atoms with Gasteiger partial charge in [0.2, 0.25) is 0 Å². The topological polar surface area (TPSA) is 40.5 Å². The van der Waals surface area contributed by atoms with Crippen LogP contribution >= 0.6 is 0 Å². The van der Waals surface area contributed by atoms with Crippen LogP contribution in [0.5, 0.6) is 0 Å². The fraction of sp³-hybridized carbons (Fsp3) is 0.857. The highest BCUT2D eigenvalue weighted by Crippen LogP contribution is 2.65. The predicted octanol–water partition coefficient (Wildman–Crippen LogP) is 6.67. The summed E-state index contributed by atoms with van der Waals surface area (Å²) in [6.45, 7) is 16.3. The zero-order chi connectivity index (χ0) is 21.8. The van der Waals surface area contributed by atoms with Gasteiger partial charge in [0, 0.05) is 0 Å². The van der Waals surface area contributed by atoms with E-state index in [1.165, 1.54) is 43.3 Å². The molecule has 0 aliphatic heterocycles. The van der Waals surface area contributed by atoms with Crippen LogP contribution in [0.3, 0.4) is 0 Å². The van der Waals surface area contributed by atoms with Crippen LogP contribution in [-0.4, -0.2) is 22.4 Å². The number of aliphatic hydroxyl groups is 2. The van der Waals surface area contributed by atoms with E-state index in [-0.39, 0.29) is 23.0 Å². The number of fused-ring (bicyclic) bond motifs is 4. The van der Waals surface area contributed by atoms with Crippen molar-refractivity contribution >= 4 is 0 Å². The third-order valence-corrected chi connectivity index (χ3v) is 10.5. The van der Waals surface area contributed by atoms with Gasteiger partial charge in [-0.1, -0.05) is 52.3 Å². The maximum Gasteiger partial charge on any atom is 0.0758 e. The van der Waals surface area contributed by atoms with Gasteiger partial charge in [0.25, 0.3) is 0 Å². The number of aliphatic hydroxyl groups excluding tert-OH is 2. The average Bonchev–Trinajstić information content (AvgIpc) is 3.04. The van der Waals surface area contributed by atoms with Crippen LogP contribution < -0.4 is 0 Å². The van der Waals surface area contributed by atoms with E-state index in [2.05, 4.69) is 41.2 Å². The largest absolute Gasteiger partial charge is 0.393 e. The number of hydrogen-bond donors (Lipinski definition) is 2. The van der Waals surface area contributed by atoms with Gasteiger partial charge in [-0.3, -0.25) is 0 Å². The molecule has 0 bridgehead atoms. The van der Waals surface area contributed by atoms with Crippen molar-refractivity contribution in [2.45, 2.75) is 111 Å². The van der Waals surface area contributed by atoms with Crippen molar-refractivity contribution in [2.24, 2.45) is 40.4 Å². The molecule has 0 saturated heterocycles. The molecule has 0 aromatic heterocycles. The lowest BCUT2D eigenvalue weighted by Gasteiger charge is -2.58. The predicted molar refractivity (Wildman–Crippen MR) is 125 cm³/mol. The molecular formula is C28H46O2. The molecule has 4 aliphatic carbocycles. The highest BCUT2D eigenvalue weighted by atomic mass is 16.3. The van der Waals surface area contributed by atoms with Crippen molar-refractivity contribution < 1.29 is 10.2 Å². The quantitative estimate of drug-likeness (QED) is 0.493. The summed E-state index contributed by atoms with van der Waals surface area (Å²) in [5.74, 6) is 3.06. The Balaban J connectivity index is 1.58. The molecule has 2 N–H and O–H groups in total. The van der Waals surface area contributed by atoms with E-state index in [1.807, 2.05) is 0 Å². The molecule has 3 fully saturated rings. The van der Waals surface area contributed by atoms with E-state index >= 15 is 0 Å². The third kappa shape index (κ3) is 3.54. The minimum absolute atomic E-state index is 0.157. The Morgan fingerprint density at radius 3 is 2.50 bits per heavy atom. The summed E-state index contributed by atoms with van der Waals surface area (Å²) >= 11 is 0. The first-order valence-corrected chi connectivity index (χ1v) is 12.8. The SMILES string of the molecule is C=C(CCC(C)C1CCC2=C3C(O)CC4CC(O)CCC4(C)C3CCC21C)C(C)C. The van der Waals surface area contributed by atoms with Gasteiger partial charge in [-0.25, -0.2) is 0 Å². The van der Waals surface area contributed by atoms with Crippen LogP contribution in [0.15, 0.2) is 23.3 Å². The molecule has 3 saturated carbocycles. The van der Waals surface area contributed by atoms with E-state index in [4.69, 9.17) is 0 Å². The molecule has 0 aromatic rings. The van der Waals surface area contributed by atoms with Crippen molar-refractivity contribution in [1.29, 1.82) is 0 Å². The van der Waals surface area contributed by atoms with Gasteiger partial charge in [0.15, 0.2) is 0 Å². The zero-order valence-corrected chi connectivity index (χ0v) is 20.2. The van der Waals surface area contributed by atoms with Gasteiger partial charge in [0.1, 0.15) is 0 Å². The minimum atomic E-state index is -0.275. The Labute approximate surface area is 185 Å². The Hall–Kier alpha value is -0.600. The van der Waals surface area contributed by atoms with E-state index in [0.717, 1.165) is 38.0 Å². The number of hydrogen-bond acceptors (Lipinski definition) is 2. The molecule has 30 heavy (non-hydrogen) atoms. The van der Waals surface area contributed by atoms with Gasteiger partial charge >= 0.3 is 0 Å². The summed E-state index contributed by atoms with van der Waals surface area (Å²) in [6.07, 6.45) is 10.8. The van der Waals surface area contributed by atoms with Gasteiger partial charge < -0.3 is 10.2 Å². The first-order chi connectivity index (χ1) is 14.1. The molecule has 0 spiro atoms. The maximum absolute atomic E-state index is 11.3. The third-order valence-electron chi connectivity index (χ3n) is 10.5. The first-order valence-electron chi connectivity index (χ1n) is 12.8. The maximum atomic E-state index is 11.3. The summed E-state index contributed by atoms with van der Waals surface area (Å²) in [7, 11) is 0. The Morgan fingerprint density at radius 1 is 1.07 bits per heavy atom. The Bertz CT molecular complexity index is 705. The number of allylic oxidation sites excluding steroid dienone is 2. The van der Waals surface area contributed by atoms with Crippen molar-refractivity contribution in [2.75, 3.05) is 0 Å². The lowest BCUT2D eigenvalue weighted by Crippen LogP contribution is -2.52. The summed E-state index contributed by atoms with van der Waals surface area (Å²) in [5.41, 5.74) is 5.06. The molecule has 2 heteroatoms. The van der Waals surface area contributed by atoms with Crippen molar-refractivity contribution in [3.05, 3.63) is 23.3 Å². The first kappa shape index (κ1) is 22.6. The van der Waals surface area contributed by atoms with Crippen LogP contribution in [0.1, 0.15) is 98.8 Å². The second kappa shape index (κ2) is 8.07. The van der Waals surface area contributed by atoms with Crippen molar-refractivity contribution in [3.63, 3.8) is 0 Å². The summed E-state index contributed by atoms with van der Waals surface area (Å²) in [6, 6.07) is 0. The highest BCUT2D eigenvalue weighted by Gasteiger charge is 2.57. The van der Waals surface area contributed by atoms with Gasteiger partial charge in [0.05, 0.1) is 12.2 Å². The van der Waals surface area contributed by atoms with E-state index < -0.39 is 0 Å². The second-order valence-corrected chi connectivity index (χ2v) is 12.3. The van der Waals surface area contributed by atoms with Gasteiger partial charge in [-0.2, -0.15) is 0 Å². The van der Waals surface area contributed by atoms with Crippen LogP contribution in [0.2, 0.25) is 0 Å². The molecule has 2 nitrogen and oxygen atoms in total. The van der Waals surface area contributed by atoms with Crippen molar-refractivity contribution in [1.82, 2.24) is 0 Å². The fourth-order valence-electron chi connectivity index (χ4n) is 8.30. The van der Waals surface area contributed by atoms with Crippen LogP contribution in [-0.2, 0) is 0 Å². The summed E-state index contributed by atoms with van der Waals surface area (Å²) in [4.78, 5) is 0. The van der Waals surface area contributed by atoms with Crippen molar-refractivity contribution in [3.8, 4) is 0 Å². The normalized spacial score (nSPS) is 44.5. The molecule has 8 atom stereocenters. The van der Waals surface area contributed by atoms with Crippen LogP contribution in [0.25, 0.3) is 0 Å². The van der Waals surface area contributed by atoms with Crippen LogP contribution in [0, 0.1) is 40.4 Å². The molecule has 4 rings (SSSR count). The van der Waals surface area contributed by atoms with Gasteiger partial charge in [-0.05, 0) is 110 Å². The highest BCUT2D eigenvalue weighted by molar-refractivity contribution is 5.37. The van der Waals surface area contributed by atoms with E-state index in [0.29, 0.717) is 23.7 Å². The Kier molecular flexibility index (Phi) is 6.08. The van der Waals surface area contributed by atoms with E-state index in [1.54, 1.807) is 5.57 Å². The van der Waals surface area contributed by atoms with E-state index in [9.17, 15) is 10.2 Å². The standard InChI is InChI=1S/C28H46O2/c1-17(2)18(3)7-8-19(4)22-9-10-23-26-24(12-14-28(22,23)6)27(5)13-11-21(29)15-20(27)16-25(26)30/h17,19-22,24-25,29-30H,3,7-16H2,1-2,4-6H3. The molecule has 4 aliphatic rings. The zero-order valence-electron chi connectivity index (χ0n) is 20.2. The molecule has 8 unspecified atom stereocenters. The van der Waals surface area contributed by atoms with Crippen LogP contribution in [0.4, 0.5) is 0 Å². The lowest BCUT2D eigenvalue weighted by molar-refractivity contribution is -0.0664. The molecular weight excluding hydrogens is 368 g/mol. The molecule has 0 heterocycles. The monoisotopic (exact) mass is 414 g/mol. The second-order valence-electron chi connectivity index (χ2n) is 12.3. The molecule has 0 radical (unpaired) electrons. The lowest BCUT2D eigenvalue weighted by atomic mass is 9.48. The number of rotatable bonds is 5.